The van der Waals surface area contributed by atoms with Crippen molar-refractivity contribution in [2.45, 2.75) is 0 Å². The first-order valence-electron chi connectivity index (χ1n) is 5.90. The van der Waals surface area contributed by atoms with Crippen LogP contribution in [0, 0.1) is 0 Å². The number of nitrogen functional groups attached to an aromatic ring is 1. The minimum absolute atomic E-state index is 0.612. The number of nitrogens with one attached hydrogen (secondary N) is 1. The molecular formula is C15H12ClN3. The van der Waals surface area contributed by atoms with Gasteiger partial charge in [0.25, 0.3) is 0 Å². The van der Waals surface area contributed by atoms with E-state index in [9.17, 15) is 0 Å². The van der Waals surface area contributed by atoms with Crippen LogP contribution in [0.4, 0.5) is 5.69 Å². The van der Waals surface area contributed by atoms with Crippen molar-refractivity contribution < 1.29 is 0 Å². The summed E-state index contributed by atoms with van der Waals surface area (Å²) in [6.07, 6.45) is 1.80. The third-order valence-corrected chi connectivity index (χ3v) is 3.16. The van der Waals surface area contributed by atoms with Gasteiger partial charge in [-0.3, -0.25) is 0 Å². The molecule has 0 amide bonds. The molecule has 0 unspecified atom stereocenters. The largest absolute Gasteiger partial charge is 0.398 e. The van der Waals surface area contributed by atoms with Gasteiger partial charge in [0.15, 0.2) is 0 Å². The van der Waals surface area contributed by atoms with E-state index in [1.807, 2.05) is 36.4 Å². The minimum Gasteiger partial charge on any atom is -0.398 e. The molecule has 94 valence electrons. The maximum absolute atomic E-state index is 5.96. The Morgan fingerprint density at radius 3 is 2.58 bits per heavy atom. The number of anilines is 1. The summed E-state index contributed by atoms with van der Waals surface area (Å²) in [5.74, 6) is 0.744. The van der Waals surface area contributed by atoms with Crippen LogP contribution in [0.5, 0.6) is 0 Å². The van der Waals surface area contributed by atoms with Gasteiger partial charge in [0.05, 0.1) is 11.9 Å². The molecule has 3 aromatic rings. The fourth-order valence-electron chi connectivity index (χ4n) is 1.97. The first-order valence-corrected chi connectivity index (χ1v) is 6.27. The molecule has 0 spiro atoms. The Morgan fingerprint density at radius 1 is 1.05 bits per heavy atom. The van der Waals surface area contributed by atoms with Crippen LogP contribution < -0.4 is 5.73 Å². The fourth-order valence-corrected chi connectivity index (χ4v) is 2.15. The highest BCUT2D eigenvalue weighted by Crippen LogP contribution is 2.28. The van der Waals surface area contributed by atoms with E-state index in [1.165, 1.54) is 0 Å². The molecule has 0 aliphatic carbocycles. The minimum atomic E-state index is 0.612. The number of aromatic amines is 1. The lowest BCUT2D eigenvalue weighted by atomic mass is 10.1. The standard InChI is InChI=1S/C15H12ClN3/c16-11-6-7-12(13(17)8-11)15-18-9-14(19-15)10-4-2-1-3-5-10/h1-9H,17H2,(H,18,19). The Hall–Kier alpha value is -2.26. The molecule has 0 saturated carbocycles. The number of H-pyrrole nitrogens is 1. The zero-order valence-corrected chi connectivity index (χ0v) is 10.9. The van der Waals surface area contributed by atoms with Gasteiger partial charge in [0, 0.05) is 16.3 Å². The lowest BCUT2D eigenvalue weighted by molar-refractivity contribution is 1.31. The number of hydrogen-bond donors (Lipinski definition) is 2. The van der Waals surface area contributed by atoms with Gasteiger partial charge < -0.3 is 10.7 Å². The summed E-state index contributed by atoms with van der Waals surface area (Å²) in [6.45, 7) is 0. The highest BCUT2D eigenvalue weighted by molar-refractivity contribution is 6.31. The van der Waals surface area contributed by atoms with Crippen LogP contribution in [0.15, 0.2) is 54.7 Å². The summed E-state index contributed by atoms with van der Waals surface area (Å²) in [5, 5.41) is 0.621. The molecule has 0 radical (unpaired) electrons. The molecule has 3 N–H and O–H groups in total. The second-order valence-corrected chi connectivity index (χ2v) is 4.68. The quantitative estimate of drug-likeness (QED) is 0.692. The van der Waals surface area contributed by atoms with Crippen molar-refractivity contribution in [3.05, 3.63) is 59.8 Å². The van der Waals surface area contributed by atoms with E-state index >= 15 is 0 Å². The van der Waals surface area contributed by atoms with Crippen molar-refractivity contribution in [3.8, 4) is 22.6 Å². The van der Waals surface area contributed by atoms with E-state index in [4.69, 9.17) is 17.3 Å². The number of benzene rings is 2. The van der Waals surface area contributed by atoms with E-state index < -0.39 is 0 Å². The van der Waals surface area contributed by atoms with E-state index in [0.717, 1.165) is 22.6 Å². The van der Waals surface area contributed by atoms with Crippen molar-refractivity contribution >= 4 is 17.3 Å². The Kier molecular flexibility index (Phi) is 2.97. The Bertz CT molecular complexity index is 704. The summed E-state index contributed by atoms with van der Waals surface area (Å²) < 4.78 is 0. The molecule has 0 saturated heterocycles. The third kappa shape index (κ3) is 2.33. The SMILES string of the molecule is Nc1cc(Cl)ccc1-c1ncc(-c2ccccc2)[nH]1. The molecule has 0 atom stereocenters. The summed E-state index contributed by atoms with van der Waals surface area (Å²) in [5.41, 5.74) is 9.48. The first kappa shape index (κ1) is 11.8. The number of rotatable bonds is 2. The fraction of sp³-hybridized carbons (Fsp3) is 0. The predicted octanol–water partition coefficient (Wildman–Crippen LogP) is 3.98. The predicted molar refractivity (Wildman–Crippen MR) is 78.9 cm³/mol. The molecule has 0 aliphatic heterocycles. The van der Waals surface area contributed by atoms with E-state index in [2.05, 4.69) is 9.97 Å². The zero-order valence-electron chi connectivity index (χ0n) is 10.1. The molecule has 3 nitrogen and oxygen atoms in total. The van der Waals surface area contributed by atoms with Crippen molar-refractivity contribution in [1.29, 1.82) is 0 Å². The summed E-state index contributed by atoms with van der Waals surface area (Å²) in [4.78, 5) is 7.65. The molecule has 1 heterocycles. The van der Waals surface area contributed by atoms with Gasteiger partial charge in [-0.05, 0) is 23.8 Å². The van der Waals surface area contributed by atoms with E-state index in [-0.39, 0.29) is 0 Å². The zero-order chi connectivity index (χ0) is 13.2. The van der Waals surface area contributed by atoms with E-state index in [0.29, 0.717) is 10.7 Å². The maximum atomic E-state index is 5.96. The molecule has 3 rings (SSSR count). The van der Waals surface area contributed by atoms with E-state index in [1.54, 1.807) is 18.3 Å². The molecule has 0 fully saturated rings. The second kappa shape index (κ2) is 4.78. The Balaban J connectivity index is 2.02. The van der Waals surface area contributed by atoms with Crippen LogP contribution in [-0.4, -0.2) is 9.97 Å². The van der Waals surface area contributed by atoms with Gasteiger partial charge in [-0.15, -0.1) is 0 Å². The lowest BCUT2D eigenvalue weighted by Crippen LogP contribution is -1.91. The summed E-state index contributed by atoms with van der Waals surface area (Å²) in [6, 6.07) is 15.4. The maximum Gasteiger partial charge on any atom is 0.139 e. The van der Waals surface area contributed by atoms with Crippen molar-refractivity contribution in [2.75, 3.05) is 5.73 Å². The van der Waals surface area contributed by atoms with Gasteiger partial charge in [-0.25, -0.2) is 4.98 Å². The average Bonchev–Trinajstić information content (AvgIpc) is 2.89. The molecule has 0 aliphatic rings. The van der Waals surface area contributed by atoms with Crippen LogP contribution in [-0.2, 0) is 0 Å². The molecule has 2 aromatic carbocycles. The van der Waals surface area contributed by atoms with Crippen molar-refractivity contribution in [2.24, 2.45) is 0 Å². The molecule has 0 bridgehead atoms. The topological polar surface area (TPSA) is 54.7 Å². The highest BCUT2D eigenvalue weighted by atomic mass is 35.5. The lowest BCUT2D eigenvalue weighted by Gasteiger charge is -2.02. The second-order valence-electron chi connectivity index (χ2n) is 4.24. The Morgan fingerprint density at radius 2 is 1.84 bits per heavy atom. The van der Waals surface area contributed by atoms with Gasteiger partial charge >= 0.3 is 0 Å². The number of imidazole rings is 1. The third-order valence-electron chi connectivity index (χ3n) is 2.93. The molecule has 1 aromatic heterocycles. The monoisotopic (exact) mass is 269 g/mol. The number of nitrogens with two attached hydrogens (primary N) is 1. The van der Waals surface area contributed by atoms with Crippen LogP contribution in [0.3, 0.4) is 0 Å². The van der Waals surface area contributed by atoms with Gasteiger partial charge in [0.2, 0.25) is 0 Å². The van der Waals surface area contributed by atoms with Gasteiger partial charge in [-0.1, -0.05) is 41.9 Å². The average molecular weight is 270 g/mol. The molecular weight excluding hydrogens is 258 g/mol. The van der Waals surface area contributed by atoms with Gasteiger partial charge in [0.1, 0.15) is 5.82 Å². The highest BCUT2D eigenvalue weighted by Gasteiger charge is 2.08. The molecule has 19 heavy (non-hydrogen) atoms. The van der Waals surface area contributed by atoms with Crippen molar-refractivity contribution in [3.63, 3.8) is 0 Å². The first-order chi connectivity index (χ1) is 9.24. The normalized spacial score (nSPS) is 10.6. The number of aromatic nitrogens is 2. The van der Waals surface area contributed by atoms with Crippen molar-refractivity contribution in [1.82, 2.24) is 9.97 Å². The Labute approximate surface area is 116 Å². The number of halogens is 1. The van der Waals surface area contributed by atoms with Gasteiger partial charge in [-0.2, -0.15) is 0 Å². The summed E-state index contributed by atoms with van der Waals surface area (Å²) in [7, 11) is 0. The summed E-state index contributed by atoms with van der Waals surface area (Å²) >= 11 is 5.89. The van der Waals surface area contributed by atoms with Crippen LogP contribution in [0.2, 0.25) is 5.02 Å². The van der Waals surface area contributed by atoms with Crippen LogP contribution in [0.1, 0.15) is 0 Å². The molecule has 4 heteroatoms. The smallest absolute Gasteiger partial charge is 0.139 e. The van der Waals surface area contributed by atoms with Crippen LogP contribution >= 0.6 is 11.6 Å². The van der Waals surface area contributed by atoms with Crippen LogP contribution in [0.25, 0.3) is 22.6 Å². The number of nitrogens with zero attached hydrogens (tertiary/aromatic N) is 1. The number of hydrogen-bond acceptors (Lipinski definition) is 2.